The van der Waals surface area contributed by atoms with Crippen molar-refractivity contribution in [3.8, 4) is 17.1 Å². The predicted molar refractivity (Wildman–Crippen MR) is 127 cm³/mol. The zero-order valence-corrected chi connectivity index (χ0v) is 19.7. The minimum Gasteiger partial charge on any atom is -0.497 e. The first-order chi connectivity index (χ1) is 15.5. The van der Waals surface area contributed by atoms with E-state index in [-0.39, 0.29) is 17.8 Å². The zero-order valence-electron chi connectivity index (χ0n) is 17.4. The molecule has 1 saturated heterocycles. The standard InChI is InChI=1S/C22H22Cl2N4O3S/c1-30-16-7-4-14(5-8-16)21-26-27-22(28(21)12-17-3-2-10-31-17)32-13-20(29)25-19-11-15(23)6-9-18(19)24/h4-9,11,17H,2-3,10,12-13H2,1H3,(H,25,29)/t17-/m0/s1. The van der Waals surface area contributed by atoms with Crippen molar-refractivity contribution in [1.82, 2.24) is 14.8 Å². The zero-order chi connectivity index (χ0) is 22.5. The number of halogens is 2. The van der Waals surface area contributed by atoms with Crippen molar-refractivity contribution in [2.24, 2.45) is 0 Å². The van der Waals surface area contributed by atoms with Gasteiger partial charge in [-0.1, -0.05) is 35.0 Å². The van der Waals surface area contributed by atoms with Crippen LogP contribution in [0, 0.1) is 0 Å². The highest BCUT2D eigenvalue weighted by atomic mass is 35.5. The van der Waals surface area contributed by atoms with Crippen molar-refractivity contribution >= 4 is 46.6 Å². The minimum atomic E-state index is -0.211. The first kappa shape index (κ1) is 22.9. The van der Waals surface area contributed by atoms with Crippen LogP contribution in [0.4, 0.5) is 5.69 Å². The number of thioether (sulfide) groups is 1. The molecule has 7 nitrogen and oxygen atoms in total. The van der Waals surface area contributed by atoms with Crippen LogP contribution in [-0.4, -0.2) is 46.2 Å². The average molecular weight is 493 g/mol. The van der Waals surface area contributed by atoms with Crippen molar-refractivity contribution in [2.75, 3.05) is 24.8 Å². The quantitative estimate of drug-likeness (QED) is 0.437. The fourth-order valence-corrected chi connectivity index (χ4v) is 4.50. The summed E-state index contributed by atoms with van der Waals surface area (Å²) in [6, 6.07) is 12.6. The molecule has 2 heterocycles. The molecule has 4 rings (SSSR count). The predicted octanol–water partition coefficient (Wildman–Crippen LogP) is 5.17. The van der Waals surface area contributed by atoms with E-state index < -0.39 is 0 Å². The molecule has 168 valence electrons. The largest absolute Gasteiger partial charge is 0.497 e. The Hall–Kier alpha value is -2.26. The number of ether oxygens (including phenoxy) is 2. The summed E-state index contributed by atoms with van der Waals surface area (Å²) in [5, 5.41) is 13.1. The van der Waals surface area contributed by atoms with Gasteiger partial charge in [0.2, 0.25) is 5.91 Å². The Morgan fingerprint density at radius 1 is 1.25 bits per heavy atom. The third-order valence-corrected chi connectivity index (χ3v) is 6.54. The lowest BCUT2D eigenvalue weighted by atomic mass is 10.2. The van der Waals surface area contributed by atoms with Gasteiger partial charge in [0.25, 0.3) is 0 Å². The van der Waals surface area contributed by atoms with Crippen LogP contribution in [0.5, 0.6) is 5.75 Å². The Bertz CT molecular complexity index is 1090. The first-order valence-corrected chi connectivity index (χ1v) is 11.8. The van der Waals surface area contributed by atoms with E-state index in [1.165, 1.54) is 11.8 Å². The summed E-state index contributed by atoms with van der Waals surface area (Å²) in [4.78, 5) is 12.5. The molecule has 1 atom stereocenters. The number of rotatable bonds is 8. The maximum absolute atomic E-state index is 12.5. The maximum Gasteiger partial charge on any atom is 0.234 e. The van der Waals surface area contributed by atoms with Gasteiger partial charge in [-0.2, -0.15) is 0 Å². The summed E-state index contributed by atoms with van der Waals surface area (Å²) in [5.74, 6) is 1.43. The van der Waals surface area contributed by atoms with Crippen LogP contribution in [0.1, 0.15) is 12.8 Å². The molecule has 1 aliphatic rings. The number of hydrogen-bond donors (Lipinski definition) is 1. The Morgan fingerprint density at radius 2 is 2.06 bits per heavy atom. The summed E-state index contributed by atoms with van der Waals surface area (Å²) in [7, 11) is 1.63. The molecule has 1 N–H and O–H groups in total. The highest BCUT2D eigenvalue weighted by Crippen LogP contribution is 2.29. The van der Waals surface area contributed by atoms with Gasteiger partial charge in [-0.15, -0.1) is 10.2 Å². The van der Waals surface area contributed by atoms with Crippen LogP contribution in [0.15, 0.2) is 47.6 Å². The number of amides is 1. The molecular weight excluding hydrogens is 471 g/mol. The second-order valence-corrected chi connectivity index (χ2v) is 9.03. The molecule has 1 amide bonds. The number of methoxy groups -OCH3 is 1. The average Bonchev–Trinajstić information content (AvgIpc) is 3.45. The van der Waals surface area contributed by atoms with Crippen molar-refractivity contribution in [3.63, 3.8) is 0 Å². The minimum absolute atomic E-state index is 0.0986. The van der Waals surface area contributed by atoms with Gasteiger partial charge in [0.1, 0.15) is 5.75 Å². The molecule has 0 radical (unpaired) electrons. The fraction of sp³-hybridized carbons (Fsp3) is 0.318. The van der Waals surface area contributed by atoms with Gasteiger partial charge in [0.15, 0.2) is 11.0 Å². The van der Waals surface area contributed by atoms with Gasteiger partial charge in [-0.3, -0.25) is 9.36 Å². The van der Waals surface area contributed by atoms with Gasteiger partial charge in [-0.05, 0) is 55.3 Å². The molecule has 1 aromatic heterocycles. The number of hydrogen-bond acceptors (Lipinski definition) is 6. The van der Waals surface area contributed by atoms with Gasteiger partial charge in [-0.25, -0.2) is 0 Å². The summed E-state index contributed by atoms with van der Waals surface area (Å²) in [5.41, 5.74) is 1.39. The number of anilines is 1. The fourth-order valence-electron chi connectivity index (χ4n) is 3.42. The highest BCUT2D eigenvalue weighted by molar-refractivity contribution is 7.99. The van der Waals surface area contributed by atoms with E-state index in [9.17, 15) is 4.79 Å². The normalized spacial score (nSPS) is 15.7. The molecule has 0 saturated carbocycles. The van der Waals surface area contributed by atoms with Crippen LogP contribution >= 0.6 is 35.0 Å². The molecule has 3 aromatic rings. The Labute approximate surface area is 200 Å². The van der Waals surface area contributed by atoms with Crippen molar-refractivity contribution in [3.05, 3.63) is 52.5 Å². The number of nitrogens with zero attached hydrogens (tertiary/aromatic N) is 3. The Balaban J connectivity index is 1.51. The molecule has 32 heavy (non-hydrogen) atoms. The van der Waals surface area contributed by atoms with E-state index in [0.717, 1.165) is 36.6 Å². The number of nitrogens with one attached hydrogen (secondary N) is 1. The summed E-state index contributed by atoms with van der Waals surface area (Å²) >= 11 is 13.5. The summed E-state index contributed by atoms with van der Waals surface area (Å²) < 4.78 is 13.1. The second kappa shape index (κ2) is 10.6. The molecule has 1 aliphatic heterocycles. The van der Waals surface area contributed by atoms with E-state index in [1.54, 1.807) is 25.3 Å². The van der Waals surface area contributed by atoms with E-state index >= 15 is 0 Å². The lowest BCUT2D eigenvalue weighted by Crippen LogP contribution is -2.18. The van der Waals surface area contributed by atoms with Gasteiger partial charge in [0, 0.05) is 17.2 Å². The third kappa shape index (κ3) is 5.56. The van der Waals surface area contributed by atoms with Crippen molar-refractivity contribution in [1.29, 1.82) is 0 Å². The summed E-state index contributed by atoms with van der Waals surface area (Å²) in [6.07, 6.45) is 2.12. The molecule has 1 fully saturated rings. The SMILES string of the molecule is COc1ccc(-c2nnc(SCC(=O)Nc3cc(Cl)ccc3Cl)n2C[C@@H]2CCCO2)cc1. The number of benzene rings is 2. The molecule has 0 aliphatic carbocycles. The summed E-state index contributed by atoms with van der Waals surface area (Å²) in [6.45, 7) is 1.38. The van der Waals surface area contributed by atoms with Gasteiger partial charge >= 0.3 is 0 Å². The molecule has 2 aromatic carbocycles. The van der Waals surface area contributed by atoms with E-state index in [2.05, 4.69) is 15.5 Å². The molecule has 0 bridgehead atoms. The van der Waals surface area contributed by atoms with Crippen LogP contribution in [0.25, 0.3) is 11.4 Å². The molecular formula is C22H22Cl2N4O3S. The van der Waals surface area contributed by atoms with Crippen LogP contribution in [0.2, 0.25) is 10.0 Å². The maximum atomic E-state index is 12.5. The third-order valence-electron chi connectivity index (χ3n) is 5.01. The molecule has 0 spiro atoms. The number of carbonyl (C=O) groups is 1. The van der Waals surface area contributed by atoms with E-state index in [4.69, 9.17) is 32.7 Å². The molecule has 0 unspecified atom stereocenters. The smallest absolute Gasteiger partial charge is 0.234 e. The first-order valence-electron chi connectivity index (χ1n) is 10.1. The topological polar surface area (TPSA) is 78.3 Å². The Kier molecular flexibility index (Phi) is 7.57. The van der Waals surface area contributed by atoms with Crippen LogP contribution in [0.3, 0.4) is 0 Å². The highest BCUT2D eigenvalue weighted by Gasteiger charge is 2.22. The van der Waals surface area contributed by atoms with Crippen LogP contribution < -0.4 is 10.1 Å². The number of carbonyl (C=O) groups excluding carboxylic acids is 1. The lowest BCUT2D eigenvalue weighted by molar-refractivity contribution is -0.113. The van der Waals surface area contributed by atoms with Gasteiger partial charge < -0.3 is 14.8 Å². The Morgan fingerprint density at radius 3 is 2.78 bits per heavy atom. The van der Waals surface area contributed by atoms with E-state index in [1.807, 2.05) is 28.8 Å². The number of aromatic nitrogens is 3. The van der Waals surface area contributed by atoms with Gasteiger partial charge in [0.05, 0.1) is 36.2 Å². The monoisotopic (exact) mass is 492 g/mol. The van der Waals surface area contributed by atoms with Crippen molar-refractivity contribution in [2.45, 2.75) is 30.6 Å². The lowest BCUT2D eigenvalue weighted by Gasteiger charge is -2.15. The molecule has 10 heteroatoms. The second-order valence-electron chi connectivity index (χ2n) is 7.24. The van der Waals surface area contributed by atoms with Crippen molar-refractivity contribution < 1.29 is 14.3 Å². The van der Waals surface area contributed by atoms with E-state index in [0.29, 0.717) is 27.4 Å². The van der Waals surface area contributed by atoms with Crippen LogP contribution in [-0.2, 0) is 16.1 Å².